The van der Waals surface area contributed by atoms with Crippen LogP contribution in [0.25, 0.3) is 17.2 Å². The Morgan fingerprint density at radius 3 is 2.37 bits per heavy atom. The van der Waals surface area contributed by atoms with Crippen LogP contribution in [0, 0.1) is 17.8 Å². The molecule has 0 atom stereocenters. The van der Waals surface area contributed by atoms with Crippen molar-refractivity contribution in [3.05, 3.63) is 52.4 Å². The molecule has 1 N–H and O–H groups in total. The first-order chi connectivity index (χ1) is 18.5. The minimum absolute atomic E-state index is 0.117. The summed E-state index contributed by atoms with van der Waals surface area (Å²) >= 11 is 1.42. The number of phenols is 1. The van der Waals surface area contributed by atoms with Crippen molar-refractivity contribution < 1.29 is 19.4 Å². The molecule has 6 aliphatic rings. The fourth-order valence-corrected chi connectivity index (χ4v) is 8.99. The van der Waals surface area contributed by atoms with Crippen molar-refractivity contribution in [2.45, 2.75) is 43.9 Å². The van der Waals surface area contributed by atoms with Crippen molar-refractivity contribution in [3.63, 3.8) is 0 Å². The second kappa shape index (κ2) is 9.45. The first-order valence-corrected chi connectivity index (χ1v) is 14.7. The minimum atomic E-state index is -0.210. The molecule has 6 nitrogen and oxygen atoms in total. The summed E-state index contributed by atoms with van der Waals surface area (Å²) in [6, 6.07) is 12.2. The van der Waals surface area contributed by atoms with Crippen molar-refractivity contribution in [3.8, 4) is 22.6 Å². The first-order valence-electron chi connectivity index (χ1n) is 13.9. The Labute approximate surface area is 228 Å². The molecule has 2 heterocycles. The number of nitrogens with zero attached hydrogens (tertiary/aromatic N) is 2. The number of amides is 1. The number of benzene rings is 2. The molecular formula is C31H34N2O4S. The molecule has 4 saturated carbocycles. The molecule has 1 amide bonds. The molecule has 0 radical (unpaired) electrons. The zero-order chi connectivity index (χ0) is 25.9. The van der Waals surface area contributed by atoms with E-state index in [1.807, 2.05) is 24.3 Å². The van der Waals surface area contributed by atoms with Gasteiger partial charge < -0.3 is 19.5 Å². The summed E-state index contributed by atoms with van der Waals surface area (Å²) in [4.78, 5) is 19.8. The maximum Gasteiger partial charge on any atom is 0.286 e. The Kier molecular flexibility index (Phi) is 6.04. The second-order valence-corrected chi connectivity index (χ2v) is 12.8. The fraction of sp³-hybridized carbons (Fsp3) is 0.484. The van der Waals surface area contributed by atoms with Gasteiger partial charge in [0.2, 0.25) is 0 Å². The number of hydrogen-bond acceptors (Lipinski definition) is 6. The van der Waals surface area contributed by atoms with Crippen LogP contribution in [0.1, 0.15) is 49.7 Å². The third-order valence-corrected chi connectivity index (χ3v) is 10.4. The van der Waals surface area contributed by atoms with Gasteiger partial charge in [0, 0.05) is 24.2 Å². The first kappa shape index (κ1) is 24.3. The molecular weight excluding hydrogens is 496 g/mol. The Morgan fingerprint density at radius 1 is 1.03 bits per heavy atom. The Bertz CT molecular complexity index is 1310. The summed E-state index contributed by atoms with van der Waals surface area (Å²) in [5.41, 5.74) is 4.24. The van der Waals surface area contributed by atoms with Gasteiger partial charge in [0.1, 0.15) is 11.5 Å². The van der Waals surface area contributed by atoms with Gasteiger partial charge in [0.15, 0.2) is 5.17 Å². The summed E-state index contributed by atoms with van der Waals surface area (Å²) in [5, 5.41) is 11.8. The van der Waals surface area contributed by atoms with Gasteiger partial charge >= 0.3 is 0 Å². The Morgan fingerprint density at radius 2 is 1.68 bits per heavy atom. The number of ether oxygens (including phenoxy) is 2. The molecule has 8 rings (SSSR count). The number of carbonyl (C=O) groups is 1. The van der Waals surface area contributed by atoms with E-state index in [0.717, 1.165) is 64.0 Å². The van der Waals surface area contributed by atoms with E-state index < -0.39 is 0 Å². The van der Waals surface area contributed by atoms with Gasteiger partial charge in [-0.1, -0.05) is 12.1 Å². The zero-order valence-corrected chi connectivity index (χ0v) is 22.6. The van der Waals surface area contributed by atoms with Crippen molar-refractivity contribution in [2.24, 2.45) is 22.7 Å². The largest absolute Gasteiger partial charge is 0.508 e. The number of amidine groups is 1. The lowest BCUT2D eigenvalue weighted by Crippen LogP contribution is -2.48. The van der Waals surface area contributed by atoms with E-state index >= 15 is 0 Å². The molecule has 4 aliphatic carbocycles. The molecule has 0 aromatic heterocycles. The lowest BCUT2D eigenvalue weighted by molar-refractivity contribution is -0.113. The second-order valence-electron chi connectivity index (χ2n) is 11.8. The van der Waals surface area contributed by atoms with Crippen LogP contribution in [0.3, 0.4) is 0 Å². The number of methoxy groups -OCH3 is 1. The molecule has 4 bridgehead atoms. The van der Waals surface area contributed by atoms with Crippen LogP contribution in [0.2, 0.25) is 0 Å². The van der Waals surface area contributed by atoms with Crippen molar-refractivity contribution in [1.82, 2.24) is 4.90 Å². The maximum atomic E-state index is 12.8. The summed E-state index contributed by atoms with van der Waals surface area (Å²) in [6.07, 6.45) is 9.66. The van der Waals surface area contributed by atoms with E-state index in [-0.39, 0.29) is 11.3 Å². The van der Waals surface area contributed by atoms with Crippen LogP contribution in [-0.4, -0.2) is 54.5 Å². The maximum absolute atomic E-state index is 12.8. The van der Waals surface area contributed by atoms with Gasteiger partial charge in [-0.25, -0.2) is 0 Å². The normalized spacial score (nSPS) is 31.2. The highest BCUT2D eigenvalue weighted by molar-refractivity contribution is 8.18. The number of hydrogen-bond donors (Lipinski definition) is 1. The topological polar surface area (TPSA) is 71.4 Å². The average molecular weight is 531 g/mol. The van der Waals surface area contributed by atoms with Gasteiger partial charge in [-0.15, -0.1) is 0 Å². The van der Waals surface area contributed by atoms with Crippen LogP contribution in [0.5, 0.6) is 11.5 Å². The molecule has 5 fully saturated rings. The molecule has 2 aromatic rings. The molecule has 2 aromatic carbocycles. The highest BCUT2D eigenvalue weighted by Gasteiger charge is 2.52. The number of rotatable bonds is 4. The van der Waals surface area contributed by atoms with E-state index in [1.54, 1.807) is 7.11 Å². The Balaban J connectivity index is 1.20. The predicted octanol–water partition coefficient (Wildman–Crippen LogP) is 5.84. The lowest BCUT2D eigenvalue weighted by atomic mass is 9.48. The fourth-order valence-electron chi connectivity index (χ4n) is 8.04. The smallest absolute Gasteiger partial charge is 0.286 e. The lowest BCUT2D eigenvalue weighted by Gasteiger charge is -2.57. The summed E-state index contributed by atoms with van der Waals surface area (Å²) in [6.45, 7) is 2.80. The van der Waals surface area contributed by atoms with Crippen LogP contribution in [0.4, 0.5) is 0 Å². The number of phenolic OH excluding ortho intramolecular Hbond substituents is 1. The van der Waals surface area contributed by atoms with Gasteiger partial charge in [-0.05, 0) is 115 Å². The van der Waals surface area contributed by atoms with Gasteiger partial charge in [0.25, 0.3) is 5.91 Å². The van der Waals surface area contributed by atoms with Crippen molar-refractivity contribution in [1.29, 1.82) is 0 Å². The number of thioether (sulfide) groups is 1. The molecule has 7 heteroatoms. The summed E-state index contributed by atoms with van der Waals surface area (Å²) in [5.74, 6) is 3.39. The highest BCUT2D eigenvalue weighted by atomic mass is 32.2. The van der Waals surface area contributed by atoms with Crippen molar-refractivity contribution in [2.75, 3.05) is 33.4 Å². The molecule has 38 heavy (non-hydrogen) atoms. The third kappa shape index (κ3) is 4.24. The van der Waals surface area contributed by atoms with Crippen LogP contribution < -0.4 is 4.74 Å². The molecule has 2 aliphatic heterocycles. The predicted molar refractivity (Wildman–Crippen MR) is 150 cm³/mol. The van der Waals surface area contributed by atoms with E-state index in [2.05, 4.69) is 28.1 Å². The van der Waals surface area contributed by atoms with Gasteiger partial charge in [-0.3, -0.25) is 4.79 Å². The van der Waals surface area contributed by atoms with E-state index in [9.17, 15) is 9.90 Å². The highest BCUT2D eigenvalue weighted by Crippen LogP contribution is 2.62. The number of aromatic hydroxyl groups is 1. The molecule has 0 spiro atoms. The van der Waals surface area contributed by atoms with Gasteiger partial charge in [0.05, 0.1) is 25.2 Å². The van der Waals surface area contributed by atoms with E-state index in [4.69, 9.17) is 9.47 Å². The standard InChI is InChI=1S/C31H34N2O4S/c1-36-27-5-3-22(13-24(27)15-28-29(35)32-30(38-28)33-6-8-37-9-7-33)23-2-4-26(34)25(14-23)31-16-19-10-20(17-31)12-21(11-19)18-31/h2-5,13-15,19-21,34H,6-12,16-18H2,1H3/b28-15-. The van der Waals surface area contributed by atoms with Crippen molar-refractivity contribution >= 4 is 28.9 Å². The average Bonchev–Trinajstić information content (AvgIpc) is 3.28. The minimum Gasteiger partial charge on any atom is -0.508 e. The monoisotopic (exact) mass is 530 g/mol. The van der Waals surface area contributed by atoms with Crippen LogP contribution in [0.15, 0.2) is 46.3 Å². The Hall–Kier alpha value is -2.77. The van der Waals surface area contributed by atoms with Crippen LogP contribution >= 0.6 is 11.8 Å². The summed E-state index contributed by atoms with van der Waals surface area (Å²) < 4.78 is 11.1. The number of morpholine rings is 1. The number of aliphatic imine (C=N–C) groups is 1. The zero-order valence-electron chi connectivity index (χ0n) is 21.8. The molecule has 1 saturated heterocycles. The van der Waals surface area contributed by atoms with E-state index in [0.29, 0.717) is 23.9 Å². The number of carbonyl (C=O) groups excluding carboxylic acids is 1. The molecule has 198 valence electrons. The van der Waals surface area contributed by atoms with Crippen LogP contribution in [-0.2, 0) is 14.9 Å². The van der Waals surface area contributed by atoms with Gasteiger partial charge in [-0.2, -0.15) is 4.99 Å². The third-order valence-electron chi connectivity index (χ3n) is 9.35. The molecule has 0 unspecified atom stereocenters. The van der Waals surface area contributed by atoms with E-state index in [1.165, 1.54) is 50.3 Å². The quantitative estimate of drug-likeness (QED) is 0.501. The summed E-state index contributed by atoms with van der Waals surface area (Å²) in [7, 11) is 1.65. The SMILES string of the molecule is COc1ccc(-c2ccc(O)c(C34CC5CC(CC(C5)C3)C4)c2)cc1/C=C1\SC(N2CCOCC2)=NC1=O.